The molecule has 88 valence electrons. The minimum absolute atomic E-state index is 0.315. The Labute approximate surface area is 109 Å². The van der Waals surface area contributed by atoms with Crippen LogP contribution in [0.3, 0.4) is 0 Å². The van der Waals surface area contributed by atoms with Gasteiger partial charge in [-0.3, -0.25) is 4.98 Å². The Balaban J connectivity index is 2.54. The van der Waals surface area contributed by atoms with E-state index >= 15 is 0 Å². The van der Waals surface area contributed by atoms with Crippen LogP contribution in [0.4, 0.5) is 0 Å². The fourth-order valence-electron chi connectivity index (χ4n) is 1.48. The highest BCUT2D eigenvalue weighted by molar-refractivity contribution is 9.10. The predicted molar refractivity (Wildman–Crippen MR) is 70.5 cm³/mol. The Morgan fingerprint density at radius 2 is 1.88 bits per heavy atom. The van der Waals surface area contributed by atoms with Gasteiger partial charge in [-0.1, -0.05) is 12.1 Å². The number of rotatable bonds is 2. The van der Waals surface area contributed by atoms with E-state index in [4.69, 9.17) is 0 Å². The zero-order chi connectivity index (χ0) is 12.5. The van der Waals surface area contributed by atoms with Crippen LogP contribution in [0.5, 0.6) is 0 Å². The van der Waals surface area contributed by atoms with Gasteiger partial charge in [0.2, 0.25) is 0 Å². The Morgan fingerprint density at radius 1 is 1.12 bits per heavy atom. The van der Waals surface area contributed by atoms with Crippen molar-refractivity contribution in [2.45, 2.75) is 4.90 Å². The molecule has 1 heterocycles. The highest BCUT2D eigenvalue weighted by atomic mass is 79.9. The third-order valence-electron chi connectivity index (χ3n) is 2.30. The number of hydrogen-bond acceptors (Lipinski definition) is 3. The molecule has 0 spiro atoms. The Bertz CT molecular complexity index is 653. The van der Waals surface area contributed by atoms with E-state index in [2.05, 4.69) is 20.9 Å². The summed E-state index contributed by atoms with van der Waals surface area (Å²) >= 11 is 3.34. The van der Waals surface area contributed by atoms with E-state index in [9.17, 15) is 8.42 Å². The molecule has 2 aromatic rings. The first kappa shape index (κ1) is 12.3. The second-order valence-electron chi connectivity index (χ2n) is 3.69. The normalized spacial score (nSPS) is 11.4. The molecule has 2 rings (SSSR count). The van der Waals surface area contributed by atoms with Crippen LogP contribution in [-0.4, -0.2) is 19.7 Å². The molecule has 0 amide bonds. The summed E-state index contributed by atoms with van der Waals surface area (Å²) in [4.78, 5) is 4.37. The van der Waals surface area contributed by atoms with Gasteiger partial charge in [0.25, 0.3) is 0 Å². The van der Waals surface area contributed by atoms with Gasteiger partial charge in [0.15, 0.2) is 9.84 Å². The van der Waals surface area contributed by atoms with Gasteiger partial charge in [-0.2, -0.15) is 0 Å². The molecular weight excluding hydrogens is 302 g/mol. The van der Waals surface area contributed by atoms with Gasteiger partial charge in [0, 0.05) is 28.7 Å². The van der Waals surface area contributed by atoms with E-state index in [0.29, 0.717) is 4.90 Å². The van der Waals surface area contributed by atoms with E-state index in [1.807, 2.05) is 12.1 Å². The van der Waals surface area contributed by atoms with Crippen molar-refractivity contribution in [1.29, 1.82) is 0 Å². The van der Waals surface area contributed by atoms with Crippen LogP contribution in [-0.2, 0) is 9.84 Å². The van der Waals surface area contributed by atoms with Crippen molar-refractivity contribution in [3.8, 4) is 11.1 Å². The average Bonchev–Trinajstić information content (AvgIpc) is 2.28. The monoisotopic (exact) mass is 311 g/mol. The molecule has 1 aromatic carbocycles. The average molecular weight is 312 g/mol. The van der Waals surface area contributed by atoms with Crippen molar-refractivity contribution in [2.24, 2.45) is 0 Å². The highest BCUT2D eigenvalue weighted by Gasteiger charge is 2.08. The minimum atomic E-state index is -3.18. The molecule has 0 aliphatic heterocycles. The first-order valence-corrected chi connectivity index (χ1v) is 7.56. The molecule has 1 aromatic heterocycles. The largest absolute Gasteiger partial charge is 0.263 e. The summed E-state index contributed by atoms with van der Waals surface area (Å²) < 4.78 is 23.8. The van der Waals surface area contributed by atoms with Gasteiger partial charge in [-0.15, -0.1) is 0 Å². The van der Waals surface area contributed by atoms with Crippen LogP contribution >= 0.6 is 15.9 Å². The standard InChI is InChI=1S/C12H10BrNO2S/c1-17(15,16)12-4-2-3-9(6-12)10-5-11(13)8-14-7-10/h2-8H,1H3. The predicted octanol–water partition coefficient (Wildman–Crippen LogP) is 2.91. The van der Waals surface area contributed by atoms with E-state index < -0.39 is 9.84 Å². The second-order valence-corrected chi connectivity index (χ2v) is 6.62. The number of hydrogen-bond donors (Lipinski definition) is 0. The fraction of sp³-hybridized carbons (Fsp3) is 0.0833. The number of halogens is 1. The van der Waals surface area contributed by atoms with E-state index in [0.717, 1.165) is 15.6 Å². The summed E-state index contributed by atoms with van der Waals surface area (Å²) in [7, 11) is -3.18. The van der Waals surface area contributed by atoms with Crippen LogP contribution in [0.15, 0.2) is 52.1 Å². The lowest BCUT2D eigenvalue weighted by atomic mass is 10.1. The summed E-state index contributed by atoms with van der Waals surface area (Å²) in [5.74, 6) is 0. The lowest BCUT2D eigenvalue weighted by Gasteiger charge is -2.04. The van der Waals surface area contributed by atoms with Crippen molar-refractivity contribution < 1.29 is 8.42 Å². The van der Waals surface area contributed by atoms with E-state index in [1.165, 1.54) is 6.26 Å². The van der Waals surface area contributed by atoms with Crippen molar-refractivity contribution in [3.63, 3.8) is 0 Å². The number of sulfone groups is 1. The number of nitrogens with zero attached hydrogens (tertiary/aromatic N) is 1. The highest BCUT2D eigenvalue weighted by Crippen LogP contribution is 2.24. The quantitative estimate of drug-likeness (QED) is 0.856. The van der Waals surface area contributed by atoms with Gasteiger partial charge in [-0.25, -0.2) is 8.42 Å². The van der Waals surface area contributed by atoms with Gasteiger partial charge in [0.05, 0.1) is 4.90 Å². The van der Waals surface area contributed by atoms with Crippen LogP contribution in [0.2, 0.25) is 0 Å². The van der Waals surface area contributed by atoms with Crippen LogP contribution < -0.4 is 0 Å². The number of pyridine rings is 1. The third kappa shape index (κ3) is 2.92. The summed E-state index contributed by atoms with van der Waals surface area (Å²) in [6.07, 6.45) is 4.58. The maximum atomic E-state index is 11.5. The molecule has 0 saturated carbocycles. The van der Waals surface area contributed by atoms with Crippen molar-refractivity contribution in [3.05, 3.63) is 47.2 Å². The SMILES string of the molecule is CS(=O)(=O)c1cccc(-c2cncc(Br)c2)c1. The molecule has 3 nitrogen and oxygen atoms in total. The van der Waals surface area contributed by atoms with Gasteiger partial charge < -0.3 is 0 Å². The molecule has 0 atom stereocenters. The molecule has 0 aliphatic rings. The first-order valence-electron chi connectivity index (χ1n) is 4.88. The Hall–Kier alpha value is -1.20. The molecule has 5 heteroatoms. The third-order valence-corrected chi connectivity index (χ3v) is 3.84. The van der Waals surface area contributed by atoms with Crippen LogP contribution in [0.25, 0.3) is 11.1 Å². The van der Waals surface area contributed by atoms with Gasteiger partial charge in [-0.05, 0) is 39.7 Å². The zero-order valence-corrected chi connectivity index (χ0v) is 11.5. The molecular formula is C12H10BrNO2S. The summed E-state index contributed by atoms with van der Waals surface area (Å²) in [5.41, 5.74) is 1.71. The van der Waals surface area contributed by atoms with Gasteiger partial charge >= 0.3 is 0 Å². The minimum Gasteiger partial charge on any atom is -0.263 e. The van der Waals surface area contributed by atoms with E-state index in [-0.39, 0.29) is 0 Å². The Kier molecular flexibility index (Phi) is 3.31. The molecule has 0 N–H and O–H groups in total. The molecule has 0 unspecified atom stereocenters. The first-order chi connectivity index (χ1) is 7.97. The van der Waals surface area contributed by atoms with Crippen molar-refractivity contribution in [1.82, 2.24) is 4.98 Å². The second kappa shape index (κ2) is 4.58. The maximum Gasteiger partial charge on any atom is 0.175 e. The molecule has 0 aliphatic carbocycles. The van der Waals surface area contributed by atoms with Crippen molar-refractivity contribution >= 4 is 25.8 Å². The lowest BCUT2D eigenvalue weighted by Crippen LogP contribution is -1.96. The Morgan fingerprint density at radius 3 is 2.53 bits per heavy atom. The number of aromatic nitrogens is 1. The van der Waals surface area contributed by atoms with Crippen LogP contribution in [0.1, 0.15) is 0 Å². The zero-order valence-electron chi connectivity index (χ0n) is 9.09. The maximum absolute atomic E-state index is 11.5. The summed E-state index contributed by atoms with van der Waals surface area (Å²) in [5, 5.41) is 0. The molecule has 0 radical (unpaired) electrons. The summed E-state index contributed by atoms with van der Waals surface area (Å²) in [6.45, 7) is 0. The lowest BCUT2D eigenvalue weighted by molar-refractivity contribution is 0.602. The van der Waals surface area contributed by atoms with Crippen LogP contribution in [0, 0.1) is 0 Å². The van der Waals surface area contributed by atoms with Gasteiger partial charge in [0.1, 0.15) is 0 Å². The molecule has 17 heavy (non-hydrogen) atoms. The molecule has 0 bridgehead atoms. The topological polar surface area (TPSA) is 47.0 Å². The number of benzene rings is 1. The van der Waals surface area contributed by atoms with E-state index in [1.54, 1.807) is 30.6 Å². The molecule has 0 fully saturated rings. The van der Waals surface area contributed by atoms with Crippen molar-refractivity contribution in [2.75, 3.05) is 6.26 Å². The molecule has 0 saturated heterocycles. The smallest absolute Gasteiger partial charge is 0.175 e. The fourth-order valence-corrected chi connectivity index (χ4v) is 2.51. The summed E-state index contributed by atoms with van der Waals surface area (Å²) in [6, 6.07) is 8.72.